The van der Waals surface area contributed by atoms with Crippen LogP contribution >= 0.6 is 0 Å². The highest BCUT2D eigenvalue weighted by atomic mass is 32.2. The van der Waals surface area contributed by atoms with Gasteiger partial charge in [-0.05, 0) is 234 Å². The molecule has 0 saturated heterocycles. The van der Waals surface area contributed by atoms with Crippen molar-refractivity contribution in [3.8, 4) is 0 Å². The van der Waals surface area contributed by atoms with Gasteiger partial charge in [0.2, 0.25) is 0 Å². The molecule has 6 aromatic carbocycles. The molecule has 0 spiro atoms. The number of unbranched alkanes of at least 4 members (excludes halogenated alkanes) is 9. The molecule has 13 unspecified atom stereocenters. The average molecular weight is 2000 g/mol. The molecule has 0 amide bonds. The van der Waals surface area contributed by atoms with Crippen molar-refractivity contribution in [2.24, 2.45) is 41.4 Å². The third kappa shape index (κ3) is 52.4. The lowest BCUT2D eigenvalue weighted by atomic mass is 9.84. The molecule has 0 radical (unpaired) electrons. The normalized spacial score (nSPS) is 14.9. The van der Waals surface area contributed by atoms with Crippen LogP contribution in [-0.4, -0.2) is 93.2 Å². The zero-order chi connectivity index (χ0) is 102. The van der Waals surface area contributed by atoms with Crippen LogP contribution in [0.3, 0.4) is 0 Å². The maximum atomic E-state index is 11.7. The summed E-state index contributed by atoms with van der Waals surface area (Å²) in [4.78, 5) is 1.34. The zero-order valence-electron chi connectivity index (χ0n) is 88.3. The Labute approximate surface area is 827 Å². The van der Waals surface area contributed by atoms with Gasteiger partial charge in [-0.25, -0.2) is 0 Å². The van der Waals surface area contributed by atoms with E-state index >= 15 is 0 Å². The smallest absolute Gasteiger partial charge is 0.270 e. The van der Waals surface area contributed by atoms with Gasteiger partial charge in [0.1, 0.15) is 0 Å². The number of hydrogen-bond donors (Lipinski definition) is 0. The topological polar surface area (TPSA) is 260 Å². The Bertz CT molecular complexity index is 4740. The van der Waals surface area contributed by atoms with Gasteiger partial charge in [0.25, 0.3) is 60.7 Å². The van der Waals surface area contributed by atoms with Crippen LogP contribution in [0.2, 0.25) is 0 Å². The predicted molar refractivity (Wildman–Crippen MR) is 563 cm³/mol. The van der Waals surface area contributed by atoms with Gasteiger partial charge < -0.3 is 0 Å². The van der Waals surface area contributed by atoms with E-state index in [0.29, 0.717) is 41.4 Å². The molecule has 6 rings (SSSR count). The summed E-state index contributed by atoms with van der Waals surface area (Å²) in [5.74, 6) is 8.27. The maximum absolute atomic E-state index is 11.7. The summed E-state index contributed by atoms with van der Waals surface area (Å²) >= 11 is 0. The van der Waals surface area contributed by atoms with Gasteiger partial charge in [-0.2, -0.15) is 50.5 Å². The van der Waals surface area contributed by atoms with E-state index in [4.69, 9.17) is 0 Å². The maximum Gasteiger partial charge on any atom is 0.296 e. The second-order valence-corrected chi connectivity index (χ2v) is 48.9. The van der Waals surface area contributed by atoms with Crippen LogP contribution in [0.5, 0.6) is 0 Å². The van der Waals surface area contributed by atoms with Gasteiger partial charge in [0, 0.05) is 0 Å². The Morgan fingerprint density at radius 2 is 0.393 bits per heavy atom. The highest BCUT2D eigenvalue weighted by Gasteiger charge is 2.24. The molecule has 0 heterocycles. The minimum absolute atomic E-state index is 0.220. The Morgan fingerprint density at radius 1 is 0.185 bits per heavy atom. The summed E-state index contributed by atoms with van der Waals surface area (Å²) in [7, 11) is -14.4. The van der Waals surface area contributed by atoms with Crippen molar-refractivity contribution < 1.29 is 75.6 Å². The molecule has 6 aromatic rings. The van der Waals surface area contributed by atoms with Crippen LogP contribution in [0.1, 0.15) is 438 Å². The van der Waals surface area contributed by atoms with Crippen molar-refractivity contribution in [1.82, 2.24) is 0 Å². The largest absolute Gasteiger partial charge is 0.296 e. The Kier molecular flexibility index (Phi) is 66.7. The van der Waals surface area contributed by atoms with Crippen molar-refractivity contribution in [1.29, 1.82) is 0 Å². The van der Waals surface area contributed by atoms with Gasteiger partial charge >= 0.3 is 0 Å². The van der Waals surface area contributed by atoms with Crippen molar-refractivity contribution in [3.63, 3.8) is 0 Å². The van der Waals surface area contributed by atoms with E-state index in [1.54, 1.807) is 72.8 Å². The van der Waals surface area contributed by atoms with E-state index in [9.17, 15) is 50.5 Å². The van der Waals surface area contributed by atoms with E-state index in [0.717, 1.165) is 80.5 Å². The van der Waals surface area contributed by atoms with Crippen LogP contribution in [-0.2, 0) is 85.8 Å². The molecule has 0 aliphatic rings. The molecule has 0 fully saturated rings. The van der Waals surface area contributed by atoms with Crippen LogP contribution in [0.15, 0.2) is 175 Å². The first kappa shape index (κ1) is 128. The second kappa shape index (κ2) is 70.4. The first-order valence-electron chi connectivity index (χ1n) is 51.3. The number of hydrogen-bond acceptors (Lipinski definition) is 18. The Balaban J connectivity index is 0.000000811. The van der Waals surface area contributed by atoms with Crippen LogP contribution < -0.4 is 0 Å². The predicted octanol–water partition coefficient (Wildman–Crippen LogP) is 31.8. The van der Waals surface area contributed by atoms with Crippen LogP contribution in [0, 0.1) is 41.4 Å². The fourth-order valence-electron chi connectivity index (χ4n) is 16.9. The molecule has 0 saturated carbocycles. The monoisotopic (exact) mass is 2000 g/mol. The van der Waals surface area contributed by atoms with Gasteiger partial charge in [-0.15, -0.1) is 0 Å². The molecule has 0 bridgehead atoms. The van der Waals surface area contributed by atoms with E-state index in [-0.39, 0.29) is 29.4 Å². The Morgan fingerprint density at radius 3 is 0.659 bits per heavy atom. The molecular weight excluding hydrogens is 1810 g/mol. The number of benzene rings is 6. The minimum atomic E-state index is -3.60. The first-order valence-corrected chi connectivity index (χ1v) is 59.8. The molecule has 135 heavy (non-hydrogen) atoms. The molecule has 0 aromatic heterocycles. The molecular formula is C111H186O18S6. The van der Waals surface area contributed by atoms with E-state index in [1.165, 1.54) is 269 Å². The SMILES string of the molecule is CCC(C)CCCCC(C)c1ccc(S(=O)(=O)OC)cc1.CCCC(C)CCCCC(C)c1ccc(S(=O)(=O)OC)cc1.CCCCC(C)CCC(C)CC(CC)c1ccc(S(=O)(=O)OC)cc1.CCCCC(C)CCC(C)c1ccc(S(=O)(=O)OC)cc1.CCCCCC(C)CCC(C)c1ccc(S(=O)(=O)OC)cc1.CCCCCCC(C)CCC(CC)c1ccc(S(=O)(=O)OC)cc1. The fraction of sp³-hybridized carbons (Fsp3) is 0.676. The van der Waals surface area contributed by atoms with Gasteiger partial charge in [-0.1, -0.05) is 391 Å². The molecule has 13 atom stereocenters. The summed E-state index contributed by atoms with van der Waals surface area (Å²) < 4.78 is 167. The zero-order valence-corrected chi connectivity index (χ0v) is 93.2. The molecule has 0 aliphatic heterocycles. The first-order chi connectivity index (χ1) is 63.9. The Hall–Kier alpha value is -5.22. The summed E-state index contributed by atoms with van der Waals surface area (Å²) in [5, 5.41) is 0. The lowest BCUT2D eigenvalue weighted by Gasteiger charge is -2.22. The molecule has 18 nitrogen and oxygen atoms in total. The molecule has 774 valence electrons. The van der Waals surface area contributed by atoms with Crippen molar-refractivity contribution in [2.45, 2.75) is 434 Å². The highest BCUT2D eigenvalue weighted by molar-refractivity contribution is 7.88. The highest BCUT2D eigenvalue weighted by Crippen LogP contribution is 2.36. The third-order valence-corrected chi connectivity index (χ3v) is 34.9. The van der Waals surface area contributed by atoms with Crippen LogP contribution in [0.25, 0.3) is 0 Å². The standard InChI is InChI=1S/C21H36O3S.C20H34O3S.2C18H30O3S.2C17H28O3S/c1-6-8-9-17(3)10-11-18(4)16-19(7-2)20-12-14-21(15-13-20)25(22,23)24-5;1-5-7-8-9-10-17(3)11-12-18(6-2)19-13-15-20(16-14-19)24(21,22)23-4;1-5-8-15(2)9-6-7-10-16(3)17-11-13-18(14-12-17)22(19,20)21-4;1-5-6-7-8-15(2)9-10-16(3)17-11-13-18(14-12-17)22(19,20)21-4;1-5-14(2)8-6-7-9-15(3)16-10-12-17(13-11-16)21(18,19)20-4;1-5-6-7-14(2)8-9-15(3)16-10-12-17(13-11-16)21(18,19)20-4/h12-15,17-19H,6-11,16H2,1-5H3;13-18H,5-12H2,1-4H3;2*11-16H,5-10H2,1-4H3;2*10-15H,5-9H2,1-4H3. The molecule has 0 aliphatic carbocycles. The summed E-state index contributed by atoms with van der Waals surface area (Å²) in [6, 6.07) is 42.6. The lowest BCUT2D eigenvalue weighted by Crippen LogP contribution is -2.07. The second-order valence-electron chi connectivity index (χ2n) is 38.6. The third-order valence-electron chi connectivity index (χ3n) is 27.2. The molecule has 24 heteroatoms. The molecule has 0 N–H and O–H groups in total. The van der Waals surface area contributed by atoms with E-state index in [2.05, 4.69) is 157 Å². The fourth-order valence-corrected chi connectivity index (χ4v) is 20.8. The quantitative estimate of drug-likeness (QED) is 0.0254. The summed E-state index contributed by atoms with van der Waals surface area (Å²) in [6.07, 6.45) is 46.5. The minimum Gasteiger partial charge on any atom is -0.270 e. The van der Waals surface area contributed by atoms with Crippen molar-refractivity contribution in [2.75, 3.05) is 42.7 Å². The number of rotatable bonds is 62. The van der Waals surface area contributed by atoms with Gasteiger partial charge in [-0.3, -0.25) is 25.1 Å². The van der Waals surface area contributed by atoms with Crippen molar-refractivity contribution in [3.05, 3.63) is 179 Å². The van der Waals surface area contributed by atoms with E-state index < -0.39 is 60.7 Å². The summed E-state index contributed by atoms with van der Waals surface area (Å²) in [6.45, 7) is 43.0. The average Bonchev–Trinajstić information content (AvgIpc) is 1.29. The summed E-state index contributed by atoms with van der Waals surface area (Å²) in [5.41, 5.74) is 7.21. The van der Waals surface area contributed by atoms with Crippen LogP contribution in [0.4, 0.5) is 0 Å². The van der Waals surface area contributed by atoms with E-state index in [1.807, 2.05) is 72.8 Å². The van der Waals surface area contributed by atoms with Gasteiger partial charge in [0.05, 0.1) is 72.0 Å². The lowest BCUT2D eigenvalue weighted by molar-refractivity contribution is 0.369. The van der Waals surface area contributed by atoms with Crippen molar-refractivity contribution >= 4 is 60.7 Å². The van der Waals surface area contributed by atoms with Gasteiger partial charge in [0.15, 0.2) is 0 Å².